The number of amides is 2. The summed E-state index contributed by atoms with van der Waals surface area (Å²) in [5, 5.41) is 24.0. The number of piperidine rings is 1. The van der Waals surface area contributed by atoms with Crippen LogP contribution in [0.5, 0.6) is 0 Å². The Labute approximate surface area is 272 Å². The summed E-state index contributed by atoms with van der Waals surface area (Å²) >= 11 is 0. The number of guanidine groups is 1. The van der Waals surface area contributed by atoms with Gasteiger partial charge in [-0.3, -0.25) is 15.0 Å². The Morgan fingerprint density at radius 1 is 0.936 bits per heavy atom. The third-order valence-corrected chi connectivity index (χ3v) is 9.58. The molecule has 12 nitrogen and oxygen atoms in total. The highest BCUT2D eigenvalue weighted by atomic mass is 32.2. The zero-order chi connectivity index (χ0) is 33.6. The van der Waals surface area contributed by atoms with E-state index in [1.165, 1.54) is 30.3 Å². The monoisotopic (exact) mass is 656 g/mol. The summed E-state index contributed by atoms with van der Waals surface area (Å²) in [7, 11) is -4.11. The number of rotatable bonds is 11. The summed E-state index contributed by atoms with van der Waals surface area (Å²) in [4.78, 5) is 39.2. The number of anilines is 1. The van der Waals surface area contributed by atoms with E-state index in [4.69, 9.17) is 16.2 Å². The molecule has 13 heteroatoms. The Bertz CT molecular complexity index is 1900. The molecule has 0 saturated carbocycles. The van der Waals surface area contributed by atoms with Crippen LogP contribution in [0.3, 0.4) is 0 Å². The molecule has 1 saturated heterocycles. The number of nitrogens with zero attached hydrogens (tertiary/aromatic N) is 1. The third kappa shape index (κ3) is 8.51. The molecular weight excluding hydrogens is 620 g/mol. The van der Waals surface area contributed by atoms with Gasteiger partial charge in [-0.25, -0.2) is 13.2 Å². The maximum absolute atomic E-state index is 13.6. The Kier molecular flexibility index (Phi) is 10.2. The molecular formula is C34H36N6O6S. The van der Waals surface area contributed by atoms with Crippen molar-refractivity contribution in [1.29, 1.82) is 5.41 Å². The molecule has 0 unspecified atom stereocenters. The molecule has 47 heavy (non-hydrogen) atoms. The lowest BCUT2D eigenvalue weighted by Gasteiger charge is -2.33. The first-order valence-corrected chi connectivity index (χ1v) is 16.6. The number of carboxylic acid groups (broad SMARTS) is 1. The molecule has 0 radical (unpaired) electrons. The zero-order valence-electron chi connectivity index (χ0n) is 25.5. The predicted octanol–water partition coefficient (Wildman–Crippen LogP) is 3.40. The van der Waals surface area contributed by atoms with E-state index in [0.29, 0.717) is 36.4 Å². The minimum atomic E-state index is -4.11. The Morgan fingerprint density at radius 2 is 1.62 bits per heavy atom. The van der Waals surface area contributed by atoms with E-state index in [0.717, 1.165) is 23.6 Å². The number of carbonyl (C=O) groups excluding carboxylic acids is 2. The second-order valence-corrected chi connectivity index (χ2v) is 13.2. The molecule has 4 aromatic rings. The molecule has 2 atom stereocenters. The van der Waals surface area contributed by atoms with E-state index in [1.54, 1.807) is 41.3 Å². The van der Waals surface area contributed by atoms with Gasteiger partial charge >= 0.3 is 5.97 Å². The van der Waals surface area contributed by atoms with Crippen LogP contribution < -0.4 is 21.1 Å². The number of nitrogens with two attached hydrogens (primary N) is 1. The highest BCUT2D eigenvalue weighted by Crippen LogP contribution is 2.21. The lowest BCUT2D eigenvalue weighted by molar-refractivity contribution is -0.123. The first-order chi connectivity index (χ1) is 22.5. The topological polar surface area (TPSA) is 195 Å². The zero-order valence-corrected chi connectivity index (χ0v) is 26.3. The maximum atomic E-state index is 13.6. The van der Waals surface area contributed by atoms with E-state index in [9.17, 15) is 22.8 Å². The van der Waals surface area contributed by atoms with Crippen LogP contribution in [0.2, 0.25) is 0 Å². The number of hydrogen-bond acceptors (Lipinski definition) is 6. The molecule has 4 aromatic carbocycles. The number of nitrogens with one attached hydrogen (secondary N) is 4. The van der Waals surface area contributed by atoms with Crippen molar-refractivity contribution in [2.24, 2.45) is 11.7 Å². The molecule has 1 aliphatic heterocycles. The summed E-state index contributed by atoms with van der Waals surface area (Å²) in [6.45, 7) is 1.50. The quantitative estimate of drug-likeness (QED) is 0.104. The van der Waals surface area contributed by atoms with Crippen molar-refractivity contribution in [2.75, 3.05) is 25.0 Å². The largest absolute Gasteiger partial charge is 0.478 e. The van der Waals surface area contributed by atoms with Crippen LogP contribution in [-0.4, -0.2) is 67.8 Å². The minimum absolute atomic E-state index is 0.0153. The fourth-order valence-corrected chi connectivity index (χ4v) is 6.75. The van der Waals surface area contributed by atoms with Gasteiger partial charge in [0.25, 0.3) is 5.91 Å². The summed E-state index contributed by atoms with van der Waals surface area (Å²) in [6, 6.07) is 23.2. The van der Waals surface area contributed by atoms with Crippen LogP contribution in [0.4, 0.5) is 5.69 Å². The standard InChI is InChI=1S/C34H36N6O6S/c35-34(36)40-17-3-4-23(21-40)20-37-32(42)30(39-47(45,46)29-16-13-24-5-1-2-6-27(24)19-29)18-22-7-9-25(10-8-22)31(41)38-28-14-11-26(12-15-28)33(43)44/h1-2,5-16,19,23,30,39H,3-4,17-18,20-21H2,(H3,35,36)(H,37,42)(H,38,41)(H,43,44)/t23-,30-/m1/s1. The summed E-state index contributed by atoms with van der Waals surface area (Å²) in [5.41, 5.74) is 7.12. The van der Waals surface area contributed by atoms with Crippen LogP contribution in [0.15, 0.2) is 95.9 Å². The highest BCUT2D eigenvalue weighted by molar-refractivity contribution is 7.89. The summed E-state index contributed by atoms with van der Waals surface area (Å²) < 4.78 is 29.7. The van der Waals surface area contributed by atoms with E-state index < -0.39 is 33.8 Å². The van der Waals surface area contributed by atoms with Crippen LogP contribution >= 0.6 is 0 Å². The molecule has 244 valence electrons. The van der Waals surface area contributed by atoms with E-state index in [-0.39, 0.29) is 28.8 Å². The number of sulfonamides is 1. The number of carbonyl (C=O) groups is 3. The van der Waals surface area contributed by atoms with Crippen LogP contribution in [0, 0.1) is 11.3 Å². The van der Waals surface area contributed by atoms with Gasteiger partial charge in [0.15, 0.2) is 5.96 Å². The van der Waals surface area contributed by atoms with Gasteiger partial charge in [-0.2, -0.15) is 4.72 Å². The number of likely N-dealkylation sites (tertiary alicyclic amines) is 1. The Morgan fingerprint density at radius 3 is 2.30 bits per heavy atom. The molecule has 0 aromatic heterocycles. The number of carboxylic acids is 1. The van der Waals surface area contributed by atoms with Gasteiger partial charge in [-0.15, -0.1) is 0 Å². The Hall–Kier alpha value is -5.27. The van der Waals surface area contributed by atoms with Crippen LogP contribution in [0.25, 0.3) is 10.8 Å². The summed E-state index contributed by atoms with van der Waals surface area (Å²) in [5.74, 6) is -1.96. The lowest BCUT2D eigenvalue weighted by atomic mass is 9.98. The molecule has 1 fully saturated rings. The fourth-order valence-electron chi connectivity index (χ4n) is 5.52. The SMILES string of the molecule is N=C(N)N1CCC[C@H](CNC(=O)[C@@H](Cc2ccc(C(=O)Nc3ccc(C(=O)O)cc3)cc2)NS(=O)(=O)c2ccc3ccccc3c2)C1. The first-order valence-electron chi connectivity index (χ1n) is 15.1. The van der Waals surface area contributed by atoms with Gasteiger partial charge in [-0.05, 0) is 90.0 Å². The second kappa shape index (κ2) is 14.4. The molecule has 2 amide bonds. The maximum Gasteiger partial charge on any atom is 0.335 e. The molecule has 0 spiro atoms. The predicted molar refractivity (Wildman–Crippen MR) is 179 cm³/mol. The molecule has 1 heterocycles. The van der Waals surface area contributed by atoms with Crippen molar-refractivity contribution in [3.8, 4) is 0 Å². The van der Waals surface area contributed by atoms with Gasteiger partial charge in [0.1, 0.15) is 6.04 Å². The van der Waals surface area contributed by atoms with E-state index in [2.05, 4.69) is 15.4 Å². The lowest BCUT2D eigenvalue weighted by Crippen LogP contribution is -2.51. The van der Waals surface area contributed by atoms with E-state index >= 15 is 0 Å². The smallest absolute Gasteiger partial charge is 0.335 e. The number of benzene rings is 4. The average Bonchev–Trinajstić information content (AvgIpc) is 3.07. The molecule has 0 bridgehead atoms. The third-order valence-electron chi connectivity index (χ3n) is 8.12. The highest BCUT2D eigenvalue weighted by Gasteiger charge is 2.28. The first kappa shape index (κ1) is 33.1. The van der Waals surface area contributed by atoms with Crippen LogP contribution in [-0.2, 0) is 21.2 Å². The second-order valence-electron chi connectivity index (χ2n) is 11.5. The molecule has 5 rings (SSSR count). The number of fused-ring (bicyclic) bond motifs is 1. The van der Waals surface area contributed by atoms with Crippen molar-refractivity contribution in [2.45, 2.75) is 30.2 Å². The van der Waals surface area contributed by atoms with Crippen molar-refractivity contribution in [3.63, 3.8) is 0 Å². The molecule has 0 aliphatic carbocycles. The summed E-state index contributed by atoms with van der Waals surface area (Å²) in [6.07, 6.45) is 1.68. The van der Waals surface area contributed by atoms with Gasteiger partial charge in [0, 0.05) is 30.9 Å². The van der Waals surface area contributed by atoms with Gasteiger partial charge in [-0.1, -0.05) is 42.5 Å². The van der Waals surface area contributed by atoms with Crippen molar-refractivity contribution in [1.82, 2.24) is 14.9 Å². The minimum Gasteiger partial charge on any atom is -0.478 e. The van der Waals surface area contributed by atoms with Crippen LogP contribution in [0.1, 0.15) is 39.1 Å². The van der Waals surface area contributed by atoms with E-state index in [1.807, 2.05) is 24.3 Å². The average molecular weight is 657 g/mol. The van der Waals surface area contributed by atoms with Crippen molar-refractivity contribution in [3.05, 3.63) is 108 Å². The molecule has 1 aliphatic rings. The van der Waals surface area contributed by atoms with Gasteiger partial charge in [0.2, 0.25) is 15.9 Å². The van der Waals surface area contributed by atoms with Crippen molar-refractivity contribution < 1.29 is 27.9 Å². The van der Waals surface area contributed by atoms with Gasteiger partial charge in [0.05, 0.1) is 10.5 Å². The Balaban J connectivity index is 1.31. The normalized spacial score (nSPS) is 15.5. The van der Waals surface area contributed by atoms with Gasteiger partial charge < -0.3 is 26.4 Å². The number of hydrogen-bond donors (Lipinski definition) is 6. The van der Waals surface area contributed by atoms with Crippen molar-refractivity contribution >= 4 is 50.2 Å². The molecule has 7 N–H and O–H groups in total. The number of aromatic carboxylic acids is 1. The fraction of sp³-hybridized carbons (Fsp3) is 0.235.